The second-order valence-electron chi connectivity index (χ2n) is 4.31. The molecule has 1 saturated heterocycles. The van der Waals surface area contributed by atoms with Crippen molar-refractivity contribution in [2.75, 3.05) is 11.5 Å². The van der Waals surface area contributed by atoms with Crippen LogP contribution in [0.1, 0.15) is 33.3 Å². The first-order chi connectivity index (χ1) is 8.84. The predicted octanol–water partition coefficient (Wildman–Crippen LogP) is 4.09. The van der Waals surface area contributed by atoms with Crippen molar-refractivity contribution in [2.24, 2.45) is 0 Å². The van der Waals surface area contributed by atoms with Gasteiger partial charge in [0.25, 0.3) is 0 Å². The molecular formula is C13H13ClN2S2. The quantitative estimate of drug-likeness (QED) is 0.798. The average Bonchev–Trinajstić information content (AvgIpc) is 3.09. The monoisotopic (exact) mass is 296 g/mol. The summed E-state index contributed by atoms with van der Waals surface area (Å²) in [4.78, 5) is 0. The minimum atomic E-state index is -0.175. The molecule has 0 N–H and O–H groups in total. The smallest absolute Gasteiger partial charge is 0.139 e. The van der Waals surface area contributed by atoms with Crippen LogP contribution in [0.15, 0.2) is 30.3 Å². The van der Waals surface area contributed by atoms with Crippen LogP contribution in [0, 0.1) is 0 Å². The van der Waals surface area contributed by atoms with Crippen molar-refractivity contribution in [3.05, 3.63) is 45.9 Å². The summed E-state index contributed by atoms with van der Waals surface area (Å²) in [5.41, 5.74) is 1.09. The van der Waals surface area contributed by atoms with E-state index in [0.717, 1.165) is 15.6 Å². The van der Waals surface area contributed by atoms with E-state index >= 15 is 0 Å². The molecule has 0 saturated carbocycles. The molecule has 1 aromatic carbocycles. The summed E-state index contributed by atoms with van der Waals surface area (Å²) < 4.78 is 0. The van der Waals surface area contributed by atoms with Crippen molar-refractivity contribution in [1.29, 1.82) is 0 Å². The largest absolute Gasteiger partial charge is 0.161 e. The topological polar surface area (TPSA) is 25.8 Å². The summed E-state index contributed by atoms with van der Waals surface area (Å²) in [5.74, 6) is 3.00. The van der Waals surface area contributed by atoms with Crippen LogP contribution in [0.3, 0.4) is 0 Å². The van der Waals surface area contributed by atoms with Crippen LogP contribution in [0.4, 0.5) is 0 Å². The zero-order valence-corrected chi connectivity index (χ0v) is 12.1. The molecule has 3 rings (SSSR count). The lowest BCUT2D eigenvalue weighted by atomic mass is 10.1. The van der Waals surface area contributed by atoms with E-state index in [1.54, 1.807) is 11.3 Å². The molecule has 2 heterocycles. The van der Waals surface area contributed by atoms with Gasteiger partial charge in [0.15, 0.2) is 0 Å². The lowest BCUT2D eigenvalue weighted by Gasteiger charge is -2.05. The first-order valence-corrected chi connectivity index (χ1v) is 8.35. The molecule has 0 aliphatic carbocycles. The number of thioether (sulfide) groups is 1. The number of nitrogens with zero attached hydrogens (tertiary/aromatic N) is 2. The van der Waals surface area contributed by atoms with E-state index in [0.29, 0.717) is 5.92 Å². The molecule has 1 aliphatic heterocycles. The van der Waals surface area contributed by atoms with Crippen LogP contribution in [0.2, 0.25) is 0 Å². The summed E-state index contributed by atoms with van der Waals surface area (Å²) in [7, 11) is 0. The summed E-state index contributed by atoms with van der Waals surface area (Å²) in [5, 5.41) is 10.5. The first kappa shape index (κ1) is 12.5. The molecule has 0 radical (unpaired) electrons. The summed E-state index contributed by atoms with van der Waals surface area (Å²) in [6.07, 6.45) is 1.22. The van der Waals surface area contributed by atoms with Crippen LogP contribution in [-0.2, 0) is 0 Å². The molecule has 0 spiro atoms. The Labute approximate surface area is 120 Å². The van der Waals surface area contributed by atoms with Gasteiger partial charge in [-0.15, -0.1) is 21.8 Å². The molecule has 2 unspecified atom stereocenters. The van der Waals surface area contributed by atoms with E-state index in [4.69, 9.17) is 11.6 Å². The number of alkyl halides is 1. The number of halogens is 1. The number of hydrogen-bond donors (Lipinski definition) is 0. The molecule has 1 aromatic heterocycles. The molecule has 1 aliphatic rings. The van der Waals surface area contributed by atoms with E-state index in [-0.39, 0.29) is 5.38 Å². The van der Waals surface area contributed by atoms with Gasteiger partial charge < -0.3 is 0 Å². The molecular weight excluding hydrogens is 284 g/mol. The molecule has 2 nitrogen and oxygen atoms in total. The fourth-order valence-electron chi connectivity index (χ4n) is 2.01. The van der Waals surface area contributed by atoms with Crippen molar-refractivity contribution in [3.8, 4) is 0 Å². The number of aromatic nitrogens is 2. The molecule has 18 heavy (non-hydrogen) atoms. The van der Waals surface area contributed by atoms with Gasteiger partial charge in [0, 0.05) is 11.7 Å². The Morgan fingerprint density at radius 2 is 2.06 bits per heavy atom. The van der Waals surface area contributed by atoms with Gasteiger partial charge in [-0.25, -0.2) is 0 Å². The summed E-state index contributed by atoms with van der Waals surface area (Å²) in [6, 6.07) is 10.1. The van der Waals surface area contributed by atoms with E-state index in [1.165, 1.54) is 17.9 Å². The second kappa shape index (κ2) is 5.59. The third kappa shape index (κ3) is 2.56. The van der Waals surface area contributed by atoms with Crippen LogP contribution < -0.4 is 0 Å². The lowest BCUT2D eigenvalue weighted by Crippen LogP contribution is -1.94. The van der Waals surface area contributed by atoms with Crippen molar-refractivity contribution in [2.45, 2.75) is 17.7 Å². The molecule has 0 amide bonds. The molecule has 2 atom stereocenters. The maximum absolute atomic E-state index is 6.45. The van der Waals surface area contributed by atoms with Gasteiger partial charge >= 0.3 is 0 Å². The van der Waals surface area contributed by atoms with Gasteiger partial charge in [-0.3, -0.25) is 0 Å². The van der Waals surface area contributed by atoms with Crippen LogP contribution >= 0.6 is 34.7 Å². The fraction of sp³-hybridized carbons (Fsp3) is 0.385. The Morgan fingerprint density at radius 3 is 2.78 bits per heavy atom. The highest BCUT2D eigenvalue weighted by Crippen LogP contribution is 2.37. The van der Waals surface area contributed by atoms with Crippen LogP contribution in [0.25, 0.3) is 0 Å². The minimum Gasteiger partial charge on any atom is -0.161 e. The Balaban J connectivity index is 1.80. The van der Waals surface area contributed by atoms with Gasteiger partial charge in [-0.2, -0.15) is 11.8 Å². The Hall–Kier alpha value is -0.580. The zero-order chi connectivity index (χ0) is 12.4. The van der Waals surface area contributed by atoms with Gasteiger partial charge in [0.2, 0.25) is 0 Å². The highest BCUT2D eigenvalue weighted by molar-refractivity contribution is 7.99. The normalized spacial score (nSPS) is 21.1. The average molecular weight is 297 g/mol. The SMILES string of the molecule is ClC(c1ccccc1)c1nnc(C2CCSC2)s1. The van der Waals surface area contributed by atoms with E-state index in [1.807, 2.05) is 42.1 Å². The standard InChI is InChI=1S/C13H13ClN2S2/c14-11(9-4-2-1-3-5-9)13-16-15-12(18-13)10-6-7-17-8-10/h1-5,10-11H,6-8H2. The summed E-state index contributed by atoms with van der Waals surface area (Å²) in [6.45, 7) is 0. The molecule has 2 aromatic rings. The second-order valence-corrected chi connectivity index (χ2v) is 6.94. The number of rotatable bonds is 3. The highest BCUT2D eigenvalue weighted by atomic mass is 35.5. The predicted molar refractivity (Wildman–Crippen MR) is 78.7 cm³/mol. The highest BCUT2D eigenvalue weighted by Gasteiger charge is 2.23. The molecule has 0 bridgehead atoms. The lowest BCUT2D eigenvalue weighted by molar-refractivity contribution is 0.755. The third-order valence-corrected chi connectivity index (χ3v) is 5.95. The van der Waals surface area contributed by atoms with Gasteiger partial charge in [-0.05, 0) is 17.7 Å². The van der Waals surface area contributed by atoms with Crippen molar-refractivity contribution in [1.82, 2.24) is 10.2 Å². The van der Waals surface area contributed by atoms with Crippen molar-refractivity contribution < 1.29 is 0 Å². The van der Waals surface area contributed by atoms with Gasteiger partial charge in [-0.1, -0.05) is 41.7 Å². The zero-order valence-electron chi connectivity index (χ0n) is 9.75. The van der Waals surface area contributed by atoms with E-state index in [9.17, 15) is 0 Å². The molecule has 5 heteroatoms. The minimum absolute atomic E-state index is 0.175. The molecule has 1 fully saturated rings. The number of benzene rings is 1. The van der Waals surface area contributed by atoms with Gasteiger partial charge in [0.05, 0.1) is 0 Å². The third-order valence-electron chi connectivity index (χ3n) is 3.04. The van der Waals surface area contributed by atoms with Gasteiger partial charge in [0.1, 0.15) is 15.4 Å². The maximum atomic E-state index is 6.45. The van der Waals surface area contributed by atoms with E-state index in [2.05, 4.69) is 10.2 Å². The molecule has 94 valence electrons. The van der Waals surface area contributed by atoms with Crippen LogP contribution in [-0.4, -0.2) is 21.7 Å². The summed E-state index contributed by atoms with van der Waals surface area (Å²) >= 11 is 10.1. The maximum Gasteiger partial charge on any atom is 0.139 e. The fourth-order valence-corrected chi connectivity index (χ4v) is 4.65. The van der Waals surface area contributed by atoms with Crippen molar-refractivity contribution in [3.63, 3.8) is 0 Å². The number of hydrogen-bond acceptors (Lipinski definition) is 4. The first-order valence-electron chi connectivity index (χ1n) is 5.94. The Bertz CT molecular complexity index is 509. The Kier molecular flexibility index (Phi) is 3.87. The van der Waals surface area contributed by atoms with Crippen molar-refractivity contribution >= 4 is 34.7 Å². The Morgan fingerprint density at radius 1 is 1.22 bits per heavy atom. The van der Waals surface area contributed by atoms with Crippen LogP contribution in [0.5, 0.6) is 0 Å². The van der Waals surface area contributed by atoms with E-state index < -0.39 is 0 Å².